The van der Waals surface area contributed by atoms with Crippen molar-refractivity contribution in [2.45, 2.75) is 32.1 Å². The lowest BCUT2D eigenvalue weighted by Crippen LogP contribution is -2.40. The second-order valence-corrected chi connectivity index (χ2v) is 8.29. The van der Waals surface area contributed by atoms with Gasteiger partial charge in [-0.2, -0.15) is 4.98 Å². The third kappa shape index (κ3) is 4.01. The summed E-state index contributed by atoms with van der Waals surface area (Å²) in [4.78, 5) is 4.49. The zero-order valence-electron chi connectivity index (χ0n) is 14.5. The first kappa shape index (κ1) is 17.9. The molecule has 1 aliphatic rings. The molecule has 3 rings (SSSR count). The molecule has 7 nitrogen and oxygen atoms in total. The number of methoxy groups -OCH3 is 1. The minimum Gasteiger partial charge on any atom is -0.497 e. The van der Waals surface area contributed by atoms with Gasteiger partial charge in [-0.3, -0.25) is 0 Å². The molecule has 0 N–H and O–H groups in total. The van der Waals surface area contributed by atoms with E-state index in [1.807, 2.05) is 31.2 Å². The fourth-order valence-corrected chi connectivity index (χ4v) is 4.65. The lowest BCUT2D eigenvalue weighted by molar-refractivity contribution is 0.265. The summed E-state index contributed by atoms with van der Waals surface area (Å²) in [6.07, 6.45) is 2.26. The van der Waals surface area contributed by atoms with Crippen molar-refractivity contribution in [2.24, 2.45) is 0 Å². The third-order valence-electron chi connectivity index (χ3n) is 4.36. The van der Waals surface area contributed by atoms with E-state index < -0.39 is 10.0 Å². The van der Waals surface area contributed by atoms with Crippen molar-refractivity contribution in [2.75, 3.05) is 26.0 Å². The van der Waals surface area contributed by atoms with Crippen molar-refractivity contribution >= 4 is 10.0 Å². The van der Waals surface area contributed by atoms with Gasteiger partial charge in [0.15, 0.2) is 0 Å². The molecule has 1 atom stereocenters. The predicted molar refractivity (Wildman–Crippen MR) is 93.9 cm³/mol. The van der Waals surface area contributed by atoms with Gasteiger partial charge in [0.1, 0.15) is 5.75 Å². The van der Waals surface area contributed by atoms with Gasteiger partial charge in [-0.1, -0.05) is 24.2 Å². The molecule has 0 saturated carbocycles. The average Bonchev–Trinajstić information content (AvgIpc) is 3.12. The minimum absolute atomic E-state index is 0.0627. The van der Waals surface area contributed by atoms with Crippen molar-refractivity contribution in [3.63, 3.8) is 0 Å². The summed E-state index contributed by atoms with van der Waals surface area (Å²) >= 11 is 0. The van der Waals surface area contributed by atoms with Crippen molar-refractivity contribution in [3.8, 4) is 17.1 Å². The Morgan fingerprint density at radius 1 is 1.40 bits per heavy atom. The molecule has 0 radical (unpaired) electrons. The van der Waals surface area contributed by atoms with Crippen molar-refractivity contribution in [3.05, 3.63) is 30.2 Å². The number of benzene rings is 1. The van der Waals surface area contributed by atoms with E-state index in [2.05, 4.69) is 10.1 Å². The van der Waals surface area contributed by atoms with Crippen LogP contribution >= 0.6 is 0 Å². The van der Waals surface area contributed by atoms with Crippen LogP contribution in [0.15, 0.2) is 28.8 Å². The molecule has 0 spiro atoms. The Morgan fingerprint density at radius 2 is 2.24 bits per heavy atom. The number of nitrogens with zero attached hydrogens (tertiary/aromatic N) is 3. The van der Waals surface area contributed by atoms with E-state index in [-0.39, 0.29) is 11.7 Å². The van der Waals surface area contributed by atoms with E-state index in [4.69, 9.17) is 9.26 Å². The molecule has 8 heteroatoms. The molecule has 1 aliphatic heterocycles. The van der Waals surface area contributed by atoms with E-state index >= 15 is 0 Å². The monoisotopic (exact) mass is 365 g/mol. The molecule has 1 fully saturated rings. The first-order chi connectivity index (χ1) is 12.0. The van der Waals surface area contributed by atoms with Crippen molar-refractivity contribution < 1.29 is 17.7 Å². The van der Waals surface area contributed by atoms with Crippen LogP contribution in [0.3, 0.4) is 0 Å². The summed E-state index contributed by atoms with van der Waals surface area (Å²) in [6.45, 7) is 2.84. The summed E-state index contributed by atoms with van der Waals surface area (Å²) in [5.74, 6) is 1.82. The molecule has 1 aromatic heterocycles. The summed E-state index contributed by atoms with van der Waals surface area (Å²) in [7, 11) is -1.60. The first-order valence-corrected chi connectivity index (χ1v) is 10.1. The average molecular weight is 365 g/mol. The SMILES string of the molecule is CCCS(=O)(=O)N1CCC[C@@H](c2nc(-c3cccc(OC)c3)no2)C1. The Balaban J connectivity index is 1.77. The van der Waals surface area contributed by atoms with Gasteiger partial charge in [-0.25, -0.2) is 12.7 Å². The zero-order chi connectivity index (χ0) is 17.9. The molecule has 0 bridgehead atoms. The van der Waals surface area contributed by atoms with Crippen LogP contribution in [0.25, 0.3) is 11.4 Å². The van der Waals surface area contributed by atoms with E-state index in [1.54, 1.807) is 11.4 Å². The smallest absolute Gasteiger partial charge is 0.231 e. The Morgan fingerprint density at radius 3 is 3.00 bits per heavy atom. The number of hydrogen-bond donors (Lipinski definition) is 0. The van der Waals surface area contributed by atoms with Crippen LogP contribution in [0, 0.1) is 0 Å². The Kier molecular flexibility index (Phi) is 5.39. The van der Waals surface area contributed by atoms with Gasteiger partial charge < -0.3 is 9.26 Å². The topological polar surface area (TPSA) is 85.5 Å². The fourth-order valence-electron chi connectivity index (χ4n) is 3.06. The summed E-state index contributed by atoms with van der Waals surface area (Å²) in [5.41, 5.74) is 0.806. The molecule has 0 unspecified atom stereocenters. The standard InChI is InChI=1S/C17H23N3O4S/c1-3-10-25(21,22)20-9-5-7-14(12-20)17-18-16(19-24-17)13-6-4-8-15(11-13)23-2/h4,6,8,11,14H,3,5,7,9-10,12H2,1-2H3/t14-/m1/s1. The van der Waals surface area contributed by atoms with Crippen molar-refractivity contribution in [1.29, 1.82) is 0 Å². The highest BCUT2D eigenvalue weighted by Crippen LogP contribution is 2.29. The van der Waals surface area contributed by atoms with Gasteiger partial charge in [0, 0.05) is 18.7 Å². The van der Waals surface area contributed by atoms with Gasteiger partial charge >= 0.3 is 0 Å². The summed E-state index contributed by atoms with van der Waals surface area (Å²) < 4.78 is 36.8. The van der Waals surface area contributed by atoms with Gasteiger partial charge in [0.25, 0.3) is 0 Å². The number of hydrogen-bond acceptors (Lipinski definition) is 6. The Labute approximate surface area is 148 Å². The second kappa shape index (κ2) is 7.53. The highest BCUT2D eigenvalue weighted by atomic mass is 32.2. The molecular formula is C17H23N3O4S. The number of piperidine rings is 1. The fraction of sp³-hybridized carbons (Fsp3) is 0.529. The molecule has 2 aromatic rings. The zero-order valence-corrected chi connectivity index (χ0v) is 15.3. The van der Waals surface area contributed by atoms with Crippen LogP contribution in [-0.2, 0) is 10.0 Å². The molecule has 2 heterocycles. The molecule has 0 aliphatic carbocycles. The molecule has 1 saturated heterocycles. The van der Waals surface area contributed by atoms with Gasteiger partial charge in [-0.15, -0.1) is 0 Å². The quantitative estimate of drug-likeness (QED) is 0.782. The van der Waals surface area contributed by atoms with Gasteiger partial charge in [0.2, 0.25) is 21.7 Å². The predicted octanol–water partition coefficient (Wildman–Crippen LogP) is 2.66. The summed E-state index contributed by atoms with van der Waals surface area (Å²) in [5, 5.41) is 4.05. The maximum atomic E-state index is 12.3. The van der Waals surface area contributed by atoms with Crippen LogP contribution < -0.4 is 4.74 Å². The first-order valence-electron chi connectivity index (χ1n) is 8.49. The van der Waals surface area contributed by atoms with Crippen LogP contribution in [0.4, 0.5) is 0 Å². The number of sulfonamides is 1. The van der Waals surface area contributed by atoms with Crippen LogP contribution in [0.2, 0.25) is 0 Å². The molecule has 1 aromatic carbocycles. The van der Waals surface area contributed by atoms with E-state index in [9.17, 15) is 8.42 Å². The number of aromatic nitrogens is 2. The largest absolute Gasteiger partial charge is 0.497 e. The normalized spacial score (nSPS) is 19.0. The molecule has 0 amide bonds. The van der Waals surface area contributed by atoms with E-state index in [0.29, 0.717) is 31.2 Å². The summed E-state index contributed by atoms with van der Waals surface area (Å²) in [6, 6.07) is 7.44. The lowest BCUT2D eigenvalue weighted by atomic mass is 10.00. The third-order valence-corrected chi connectivity index (χ3v) is 6.40. The van der Waals surface area contributed by atoms with Gasteiger partial charge in [0.05, 0.1) is 18.8 Å². The van der Waals surface area contributed by atoms with Crippen LogP contribution in [0.1, 0.15) is 38.0 Å². The Hall–Kier alpha value is -1.93. The minimum atomic E-state index is -3.20. The lowest BCUT2D eigenvalue weighted by Gasteiger charge is -2.30. The van der Waals surface area contributed by atoms with E-state index in [0.717, 1.165) is 24.2 Å². The number of rotatable bonds is 6. The maximum absolute atomic E-state index is 12.3. The molecule has 136 valence electrons. The van der Waals surface area contributed by atoms with Gasteiger partial charge in [-0.05, 0) is 31.4 Å². The highest BCUT2D eigenvalue weighted by molar-refractivity contribution is 7.89. The van der Waals surface area contributed by atoms with Crippen LogP contribution in [0.5, 0.6) is 5.75 Å². The maximum Gasteiger partial charge on any atom is 0.231 e. The molecular weight excluding hydrogens is 342 g/mol. The van der Waals surface area contributed by atoms with Crippen LogP contribution in [-0.4, -0.2) is 48.8 Å². The van der Waals surface area contributed by atoms with E-state index in [1.165, 1.54) is 0 Å². The number of ether oxygens (including phenoxy) is 1. The highest BCUT2D eigenvalue weighted by Gasteiger charge is 2.31. The second-order valence-electron chi connectivity index (χ2n) is 6.20. The van der Waals surface area contributed by atoms with Crippen molar-refractivity contribution in [1.82, 2.24) is 14.4 Å². The molecule has 25 heavy (non-hydrogen) atoms. The Bertz CT molecular complexity index is 819.